The molecule has 0 aliphatic heterocycles. The highest BCUT2D eigenvalue weighted by Gasteiger charge is 2.48. The van der Waals surface area contributed by atoms with Crippen LogP contribution in [0.4, 0.5) is 17.6 Å². The lowest BCUT2D eigenvalue weighted by Gasteiger charge is -2.33. The molecule has 0 saturated carbocycles. The largest absolute Gasteiger partial charge is 0.404 e. The standard InChI is InChI=1S/C11H12ClF4N/c1-10(2,9(17)11(14,15)16)7-5-6(12)3-4-8(7)13/h3-5,9H,17H2,1-2H3. The van der Waals surface area contributed by atoms with E-state index in [1.807, 2.05) is 0 Å². The van der Waals surface area contributed by atoms with Crippen molar-refractivity contribution in [3.63, 3.8) is 0 Å². The third-order valence-electron chi connectivity index (χ3n) is 2.75. The predicted molar refractivity (Wildman–Crippen MR) is 58.5 cm³/mol. The summed E-state index contributed by atoms with van der Waals surface area (Å²) in [6, 6.07) is 1.31. The highest BCUT2D eigenvalue weighted by Crippen LogP contribution is 2.37. The van der Waals surface area contributed by atoms with Crippen LogP contribution in [0.15, 0.2) is 18.2 Å². The van der Waals surface area contributed by atoms with Crippen LogP contribution in [-0.2, 0) is 5.41 Å². The molecule has 0 saturated heterocycles. The van der Waals surface area contributed by atoms with Crippen molar-refractivity contribution in [2.75, 3.05) is 0 Å². The van der Waals surface area contributed by atoms with Crippen molar-refractivity contribution in [3.8, 4) is 0 Å². The second-order valence-corrected chi connectivity index (χ2v) is 4.80. The summed E-state index contributed by atoms with van der Waals surface area (Å²) in [5, 5.41) is 0.170. The minimum atomic E-state index is -4.60. The first kappa shape index (κ1) is 14.3. The van der Waals surface area contributed by atoms with E-state index in [0.29, 0.717) is 0 Å². The highest BCUT2D eigenvalue weighted by molar-refractivity contribution is 6.30. The van der Waals surface area contributed by atoms with E-state index >= 15 is 0 Å². The molecule has 0 radical (unpaired) electrons. The fourth-order valence-corrected chi connectivity index (χ4v) is 1.74. The summed E-state index contributed by atoms with van der Waals surface area (Å²) < 4.78 is 51.3. The summed E-state index contributed by atoms with van der Waals surface area (Å²) in [5.41, 5.74) is 3.41. The Kier molecular flexibility index (Phi) is 3.74. The Balaban J connectivity index is 3.25. The van der Waals surface area contributed by atoms with Gasteiger partial charge in [-0.3, -0.25) is 0 Å². The van der Waals surface area contributed by atoms with E-state index in [2.05, 4.69) is 0 Å². The highest BCUT2D eigenvalue weighted by atomic mass is 35.5. The molecule has 0 fully saturated rings. The van der Waals surface area contributed by atoms with Gasteiger partial charge in [0.1, 0.15) is 11.9 Å². The second kappa shape index (κ2) is 4.46. The van der Waals surface area contributed by atoms with Gasteiger partial charge in [0.05, 0.1) is 0 Å². The molecule has 1 aromatic rings. The van der Waals surface area contributed by atoms with Gasteiger partial charge in [0, 0.05) is 10.4 Å². The van der Waals surface area contributed by atoms with Gasteiger partial charge in [0.25, 0.3) is 0 Å². The van der Waals surface area contributed by atoms with Crippen molar-refractivity contribution in [2.45, 2.75) is 31.5 Å². The lowest BCUT2D eigenvalue weighted by Crippen LogP contribution is -2.51. The zero-order valence-corrected chi connectivity index (χ0v) is 10.0. The first-order chi connectivity index (χ1) is 7.56. The molecule has 1 unspecified atom stereocenters. The smallest absolute Gasteiger partial charge is 0.319 e. The van der Waals surface area contributed by atoms with E-state index < -0.39 is 23.5 Å². The van der Waals surface area contributed by atoms with Gasteiger partial charge in [0.2, 0.25) is 0 Å². The lowest BCUT2D eigenvalue weighted by molar-refractivity contribution is -0.160. The number of hydrogen-bond donors (Lipinski definition) is 1. The van der Waals surface area contributed by atoms with Crippen LogP contribution in [0, 0.1) is 5.82 Å². The van der Waals surface area contributed by atoms with Crippen molar-refractivity contribution >= 4 is 11.6 Å². The van der Waals surface area contributed by atoms with Gasteiger partial charge in [-0.2, -0.15) is 13.2 Å². The lowest BCUT2D eigenvalue weighted by atomic mass is 9.77. The molecule has 0 spiro atoms. The van der Waals surface area contributed by atoms with Crippen molar-refractivity contribution < 1.29 is 17.6 Å². The SMILES string of the molecule is CC(C)(c1cc(Cl)ccc1F)C(N)C(F)(F)F. The molecule has 1 nitrogen and oxygen atoms in total. The summed E-state index contributed by atoms with van der Waals surface area (Å²) in [6.45, 7) is 2.47. The van der Waals surface area contributed by atoms with Gasteiger partial charge < -0.3 is 5.73 Å². The number of rotatable bonds is 2. The minimum absolute atomic E-state index is 0.144. The zero-order chi connectivity index (χ0) is 13.4. The Morgan fingerprint density at radius 1 is 1.24 bits per heavy atom. The maximum atomic E-state index is 13.5. The third kappa shape index (κ3) is 2.90. The van der Waals surface area contributed by atoms with E-state index in [0.717, 1.165) is 6.07 Å². The Bertz CT molecular complexity index is 414. The maximum Gasteiger partial charge on any atom is 0.404 e. The minimum Gasteiger partial charge on any atom is -0.319 e. The van der Waals surface area contributed by atoms with Gasteiger partial charge in [-0.15, -0.1) is 0 Å². The van der Waals surface area contributed by atoms with Crippen LogP contribution in [0.3, 0.4) is 0 Å². The molecule has 0 aliphatic rings. The molecule has 17 heavy (non-hydrogen) atoms. The Hall–Kier alpha value is -0.810. The second-order valence-electron chi connectivity index (χ2n) is 4.37. The number of alkyl halides is 3. The van der Waals surface area contributed by atoms with Crippen LogP contribution in [0.25, 0.3) is 0 Å². The molecule has 1 rings (SSSR count). The Morgan fingerprint density at radius 2 is 1.76 bits per heavy atom. The molecule has 0 aliphatic carbocycles. The van der Waals surface area contributed by atoms with E-state index in [1.54, 1.807) is 0 Å². The van der Waals surface area contributed by atoms with Gasteiger partial charge in [-0.25, -0.2) is 4.39 Å². The van der Waals surface area contributed by atoms with E-state index in [4.69, 9.17) is 17.3 Å². The molecule has 0 aromatic heterocycles. The van der Waals surface area contributed by atoms with Crippen LogP contribution in [0.2, 0.25) is 5.02 Å². The summed E-state index contributed by atoms with van der Waals surface area (Å²) in [7, 11) is 0. The molecule has 0 amide bonds. The normalized spacial score (nSPS) is 14.8. The van der Waals surface area contributed by atoms with Gasteiger partial charge in [0.15, 0.2) is 0 Å². The van der Waals surface area contributed by atoms with E-state index in [9.17, 15) is 17.6 Å². The molecule has 6 heteroatoms. The molecule has 1 atom stereocenters. The van der Waals surface area contributed by atoms with E-state index in [-0.39, 0.29) is 10.6 Å². The van der Waals surface area contributed by atoms with Crippen LogP contribution in [0.1, 0.15) is 19.4 Å². The molecular formula is C11H12ClF4N. The summed E-state index contributed by atoms with van der Waals surface area (Å²) in [5.74, 6) is -0.751. The maximum absolute atomic E-state index is 13.5. The van der Waals surface area contributed by atoms with Crippen molar-refractivity contribution in [2.24, 2.45) is 5.73 Å². The zero-order valence-electron chi connectivity index (χ0n) is 9.28. The van der Waals surface area contributed by atoms with Gasteiger partial charge >= 0.3 is 6.18 Å². The number of nitrogens with two attached hydrogens (primary N) is 1. The predicted octanol–water partition coefficient (Wildman–Crippen LogP) is 3.65. The fraction of sp³-hybridized carbons (Fsp3) is 0.455. The average Bonchev–Trinajstić information content (AvgIpc) is 2.19. The molecule has 1 aromatic carbocycles. The van der Waals surface area contributed by atoms with Crippen molar-refractivity contribution in [1.82, 2.24) is 0 Å². The molecular weight excluding hydrogens is 258 g/mol. The van der Waals surface area contributed by atoms with Crippen LogP contribution in [0.5, 0.6) is 0 Å². The van der Waals surface area contributed by atoms with Crippen molar-refractivity contribution in [3.05, 3.63) is 34.6 Å². The third-order valence-corrected chi connectivity index (χ3v) is 2.99. The monoisotopic (exact) mass is 269 g/mol. The summed E-state index contributed by atoms with van der Waals surface area (Å²) >= 11 is 5.65. The Morgan fingerprint density at radius 3 is 2.24 bits per heavy atom. The van der Waals surface area contributed by atoms with Crippen LogP contribution in [-0.4, -0.2) is 12.2 Å². The van der Waals surface area contributed by atoms with Gasteiger partial charge in [-0.05, 0) is 23.8 Å². The first-order valence-electron chi connectivity index (χ1n) is 4.84. The summed E-state index contributed by atoms with van der Waals surface area (Å²) in [6.07, 6.45) is -4.60. The quantitative estimate of drug-likeness (QED) is 0.815. The molecule has 96 valence electrons. The molecule has 0 bridgehead atoms. The number of halogens is 5. The fourth-order valence-electron chi connectivity index (χ4n) is 1.57. The summed E-state index contributed by atoms with van der Waals surface area (Å²) in [4.78, 5) is 0. The molecule has 0 heterocycles. The molecule has 2 N–H and O–H groups in total. The average molecular weight is 270 g/mol. The van der Waals surface area contributed by atoms with Crippen molar-refractivity contribution in [1.29, 1.82) is 0 Å². The number of hydrogen-bond acceptors (Lipinski definition) is 1. The van der Waals surface area contributed by atoms with Crippen LogP contribution < -0.4 is 5.73 Å². The van der Waals surface area contributed by atoms with E-state index in [1.165, 1.54) is 26.0 Å². The van der Waals surface area contributed by atoms with Crippen LogP contribution >= 0.6 is 11.6 Å². The first-order valence-corrected chi connectivity index (χ1v) is 5.22. The topological polar surface area (TPSA) is 26.0 Å². The number of benzene rings is 1. The van der Waals surface area contributed by atoms with Gasteiger partial charge in [-0.1, -0.05) is 25.4 Å². The Labute approximate surface area is 102 Å².